The van der Waals surface area contributed by atoms with Gasteiger partial charge in [-0.05, 0) is 23.6 Å². The Morgan fingerprint density at radius 1 is 1.07 bits per heavy atom. The van der Waals surface area contributed by atoms with Crippen molar-refractivity contribution in [2.75, 3.05) is 5.32 Å². The molecule has 2 N–H and O–H groups in total. The van der Waals surface area contributed by atoms with Crippen molar-refractivity contribution in [1.29, 1.82) is 0 Å². The van der Waals surface area contributed by atoms with E-state index in [0.29, 0.717) is 5.13 Å². The molecule has 0 unspecified atom stereocenters. The summed E-state index contributed by atoms with van der Waals surface area (Å²) in [5.74, 6) is -1.82. The molecule has 0 saturated carbocycles. The van der Waals surface area contributed by atoms with E-state index in [-0.39, 0.29) is 17.4 Å². The zero-order chi connectivity index (χ0) is 20.8. The Morgan fingerprint density at radius 3 is 2.45 bits per heavy atom. The summed E-state index contributed by atoms with van der Waals surface area (Å²) in [6, 6.07) is 14.8. The lowest BCUT2D eigenvalue weighted by Crippen LogP contribution is -2.47. The molecule has 0 fully saturated rings. The van der Waals surface area contributed by atoms with E-state index in [9.17, 15) is 14.0 Å². The number of anilines is 1. The monoisotopic (exact) mass is 411 g/mol. The number of hydrogen-bond acceptors (Lipinski definition) is 4. The second-order valence-electron chi connectivity index (χ2n) is 6.96. The van der Waals surface area contributed by atoms with E-state index in [2.05, 4.69) is 15.6 Å². The molecule has 0 bridgehead atoms. The second-order valence-corrected chi connectivity index (χ2v) is 8.07. The maximum absolute atomic E-state index is 13.9. The van der Waals surface area contributed by atoms with Crippen LogP contribution in [0, 0.1) is 11.7 Å². The SMILES string of the molecule is CC(C)[C@H](NC(=O)c1ccccc1F)C(=O)Nc1ncc(Cc2ccccc2)s1. The number of benzene rings is 2. The van der Waals surface area contributed by atoms with Crippen molar-refractivity contribution in [2.24, 2.45) is 5.92 Å². The third kappa shape index (κ3) is 5.48. The molecule has 7 heteroatoms. The Kier molecular flexibility index (Phi) is 6.72. The predicted octanol–water partition coefficient (Wildman–Crippen LogP) is 4.27. The summed E-state index contributed by atoms with van der Waals surface area (Å²) in [5.41, 5.74) is 1.07. The molecule has 0 radical (unpaired) electrons. The smallest absolute Gasteiger partial charge is 0.254 e. The maximum Gasteiger partial charge on any atom is 0.254 e. The van der Waals surface area contributed by atoms with Crippen LogP contribution >= 0.6 is 11.3 Å². The van der Waals surface area contributed by atoms with Crippen LogP contribution in [0.3, 0.4) is 0 Å². The fourth-order valence-electron chi connectivity index (χ4n) is 2.83. The third-order valence-electron chi connectivity index (χ3n) is 4.36. The fourth-order valence-corrected chi connectivity index (χ4v) is 3.68. The first-order valence-corrected chi connectivity index (χ1v) is 10.1. The van der Waals surface area contributed by atoms with Gasteiger partial charge in [0.25, 0.3) is 5.91 Å². The molecule has 0 aliphatic heterocycles. The van der Waals surface area contributed by atoms with E-state index >= 15 is 0 Å². The van der Waals surface area contributed by atoms with E-state index in [1.165, 1.54) is 29.5 Å². The second kappa shape index (κ2) is 9.43. The average Bonchev–Trinajstić information content (AvgIpc) is 3.13. The number of halogens is 1. The highest BCUT2D eigenvalue weighted by molar-refractivity contribution is 7.15. The summed E-state index contributed by atoms with van der Waals surface area (Å²) in [6.07, 6.45) is 2.46. The minimum Gasteiger partial charge on any atom is -0.340 e. The lowest BCUT2D eigenvalue weighted by atomic mass is 10.0. The van der Waals surface area contributed by atoms with Gasteiger partial charge in [0.05, 0.1) is 5.56 Å². The number of hydrogen-bond donors (Lipinski definition) is 2. The highest BCUT2D eigenvalue weighted by Crippen LogP contribution is 2.22. The Hall–Kier alpha value is -3.06. The van der Waals surface area contributed by atoms with Gasteiger partial charge in [0.1, 0.15) is 11.9 Å². The fraction of sp³-hybridized carbons (Fsp3) is 0.227. The third-order valence-corrected chi connectivity index (χ3v) is 5.27. The summed E-state index contributed by atoms with van der Waals surface area (Å²) < 4.78 is 13.9. The van der Waals surface area contributed by atoms with Gasteiger partial charge < -0.3 is 10.6 Å². The predicted molar refractivity (Wildman–Crippen MR) is 112 cm³/mol. The Morgan fingerprint density at radius 2 is 1.76 bits per heavy atom. The van der Waals surface area contributed by atoms with Gasteiger partial charge in [-0.25, -0.2) is 9.37 Å². The minimum atomic E-state index is -0.816. The van der Waals surface area contributed by atoms with Crippen LogP contribution in [-0.4, -0.2) is 22.8 Å². The van der Waals surface area contributed by atoms with Gasteiger partial charge in [-0.3, -0.25) is 9.59 Å². The van der Waals surface area contributed by atoms with Crippen molar-refractivity contribution in [3.05, 3.63) is 82.6 Å². The van der Waals surface area contributed by atoms with Crippen molar-refractivity contribution in [2.45, 2.75) is 26.3 Å². The molecule has 1 heterocycles. The van der Waals surface area contributed by atoms with Crippen molar-refractivity contribution in [3.63, 3.8) is 0 Å². The standard InChI is InChI=1S/C22H22FN3O2S/c1-14(2)19(25-20(27)17-10-6-7-11-18(17)23)21(28)26-22-24-13-16(29-22)12-15-8-4-3-5-9-15/h3-11,13-14,19H,12H2,1-2H3,(H,25,27)(H,24,26,28)/t19-/m0/s1. The molecule has 0 aliphatic carbocycles. The van der Waals surface area contributed by atoms with Crippen molar-refractivity contribution >= 4 is 28.3 Å². The number of carbonyl (C=O) groups excluding carboxylic acids is 2. The largest absolute Gasteiger partial charge is 0.340 e. The molecule has 2 aromatic carbocycles. The molecule has 0 aliphatic rings. The van der Waals surface area contributed by atoms with E-state index in [1.54, 1.807) is 12.3 Å². The first kappa shape index (κ1) is 20.7. The molecule has 3 aromatic rings. The van der Waals surface area contributed by atoms with Gasteiger partial charge in [0.2, 0.25) is 5.91 Å². The highest BCUT2D eigenvalue weighted by Gasteiger charge is 2.26. The quantitative estimate of drug-likeness (QED) is 0.610. The lowest BCUT2D eigenvalue weighted by Gasteiger charge is -2.21. The van der Waals surface area contributed by atoms with Gasteiger partial charge in [-0.1, -0.05) is 56.3 Å². The van der Waals surface area contributed by atoms with Crippen LogP contribution in [0.25, 0.3) is 0 Å². The molecular weight excluding hydrogens is 389 g/mol. The van der Waals surface area contributed by atoms with Crippen LogP contribution in [-0.2, 0) is 11.2 Å². The molecule has 0 saturated heterocycles. The molecule has 29 heavy (non-hydrogen) atoms. The maximum atomic E-state index is 13.9. The Labute approximate surface area is 173 Å². The van der Waals surface area contributed by atoms with Crippen LogP contribution in [0.1, 0.15) is 34.6 Å². The van der Waals surface area contributed by atoms with Crippen LogP contribution in [0.15, 0.2) is 60.8 Å². The Balaban J connectivity index is 1.66. The molecule has 5 nitrogen and oxygen atoms in total. The first-order valence-electron chi connectivity index (χ1n) is 9.29. The summed E-state index contributed by atoms with van der Waals surface area (Å²) in [4.78, 5) is 30.4. The summed E-state index contributed by atoms with van der Waals surface area (Å²) >= 11 is 1.39. The number of aromatic nitrogens is 1. The Bertz CT molecular complexity index is 988. The topological polar surface area (TPSA) is 71.1 Å². The van der Waals surface area contributed by atoms with Gasteiger partial charge >= 0.3 is 0 Å². The van der Waals surface area contributed by atoms with Gasteiger partial charge in [-0.15, -0.1) is 11.3 Å². The summed E-state index contributed by atoms with van der Waals surface area (Å²) in [6.45, 7) is 3.63. The van der Waals surface area contributed by atoms with Crippen LogP contribution in [0.4, 0.5) is 9.52 Å². The zero-order valence-corrected chi connectivity index (χ0v) is 17.0. The molecule has 1 atom stereocenters. The molecule has 0 spiro atoms. The van der Waals surface area contributed by atoms with Crippen LogP contribution in [0.5, 0.6) is 0 Å². The normalized spacial score (nSPS) is 11.9. The van der Waals surface area contributed by atoms with E-state index < -0.39 is 17.8 Å². The summed E-state index contributed by atoms with van der Waals surface area (Å²) in [7, 11) is 0. The number of thiazole rings is 1. The number of nitrogens with one attached hydrogen (secondary N) is 2. The number of carbonyl (C=O) groups is 2. The van der Waals surface area contributed by atoms with Crippen LogP contribution < -0.4 is 10.6 Å². The van der Waals surface area contributed by atoms with E-state index in [0.717, 1.165) is 16.9 Å². The molecule has 150 valence electrons. The van der Waals surface area contributed by atoms with Crippen molar-refractivity contribution in [1.82, 2.24) is 10.3 Å². The molecule has 1 aromatic heterocycles. The number of rotatable bonds is 7. The first-order chi connectivity index (χ1) is 13.9. The highest BCUT2D eigenvalue weighted by atomic mass is 32.1. The van der Waals surface area contributed by atoms with Gasteiger partial charge in [-0.2, -0.15) is 0 Å². The van der Waals surface area contributed by atoms with Crippen molar-refractivity contribution in [3.8, 4) is 0 Å². The number of nitrogens with zero attached hydrogens (tertiary/aromatic N) is 1. The molecule has 3 rings (SSSR count). The number of amides is 2. The molecule has 2 amide bonds. The zero-order valence-electron chi connectivity index (χ0n) is 16.2. The van der Waals surface area contributed by atoms with Crippen molar-refractivity contribution < 1.29 is 14.0 Å². The van der Waals surface area contributed by atoms with Gasteiger partial charge in [0, 0.05) is 17.5 Å². The lowest BCUT2D eigenvalue weighted by molar-refractivity contribution is -0.118. The van der Waals surface area contributed by atoms with E-state index in [4.69, 9.17) is 0 Å². The molecular formula is C22H22FN3O2S. The van der Waals surface area contributed by atoms with E-state index in [1.807, 2.05) is 44.2 Å². The minimum absolute atomic E-state index is 0.0923. The van der Waals surface area contributed by atoms with Crippen LogP contribution in [0.2, 0.25) is 0 Å². The average molecular weight is 412 g/mol. The van der Waals surface area contributed by atoms with Gasteiger partial charge in [0.15, 0.2) is 5.13 Å². The summed E-state index contributed by atoms with van der Waals surface area (Å²) in [5, 5.41) is 5.85.